The Hall–Kier alpha value is -3.72. The third-order valence-corrected chi connectivity index (χ3v) is 8.65. The number of nitrogens with one attached hydrogen (secondary N) is 1. The fraction of sp³-hybridized carbons (Fsp3) is 0.467. The van der Waals surface area contributed by atoms with E-state index < -0.39 is 0 Å². The number of tetrazole rings is 1. The minimum atomic E-state index is -0.345. The Kier molecular flexibility index (Phi) is 7.08. The van der Waals surface area contributed by atoms with Crippen LogP contribution in [0.25, 0.3) is 10.9 Å². The van der Waals surface area contributed by atoms with Crippen molar-refractivity contribution in [3.63, 3.8) is 0 Å². The molecule has 2 aliphatic rings. The second kappa shape index (κ2) is 10.8. The van der Waals surface area contributed by atoms with Gasteiger partial charge in [-0.15, -0.1) is 5.10 Å². The molecule has 2 aromatic carbocycles. The first-order chi connectivity index (χ1) is 19.0. The molecule has 1 saturated heterocycles. The first-order valence-electron chi connectivity index (χ1n) is 14.1. The van der Waals surface area contributed by atoms with E-state index in [1.807, 2.05) is 28.9 Å². The maximum Gasteiger partial charge on any atom is 0.253 e. The van der Waals surface area contributed by atoms with E-state index in [-0.39, 0.29) is 17.6 Å². The summed E-state index contributed by atoms with van der Waals surface area (Å²) in [5.41, 5.74) is 5.26. The van der Waals surface area contributed by atoms with Crippen LogP contribution in [0.1, 0.15) is 66.7 Å². The van der Waals surface area contributed by atoms with Gasteiger partial charge in [-0.2, -0.15) is 0 Å². The number of hydrogen-bond donors (Lipinski definition) is 1. The average Bonchev–Trinajstić information content (AvgIpc) is 3.45. The maximum atomic E-state index is 13.6. The topological polar surface area (TPSA) is 92.2 Å². The molecule has 1 saturated carbocycles. The van der Waals surface area contributed by atoms with Crippen LogP contribution in [-0.2, 0) is 0 Å². The summed E-state index contributed by atoms with van der Waals surface area (Å²) in [5, 5.41) is 14.1. The van der Waals surface area contributed by atoms with E-state index in [0.29, 0.717) is 5.56 Å². The molecule has 0 radical (unpaired) electrons. The second-order valence-electron chi connectivity index (χ2n) is 10.9. The number of aromatic nitrogens is 5. The van der Waals surface area contributed by atoms with Gasteiger partial charge in [0, 0.05) is 48.3 Å². The van der Waals surface area contributed by atoms with Crippen LogP contribution in [0.15, 0.2) is 47.3 Å². The largest absolute Gasteiger partial charge is 0.497 e. The van der Waals surface area contributed by atoms with Gasteiger partial charge < -0.3 is 14.6 Å². The molecule has 3 heterocycles. The molecule has 0 unspecified atom stereocenters. The van der Waals surface area contributed by atoms with E-state index >= 15 is 0 Å². The van der Waals surface area contributed by atoms with Crippen molar-refractivity contribution in [3.05, 3.63) is 75.3 Å². The molecule has 9 nitrogen and oxygen atoms in total. The smallest absolute Gasteiger partial charge is 0.253 e. The van der Waals surface area contributed by atoms with E-state index in [0.717, 1.165) is 61.5 Å². The van der Waals surface area contributed by atoms with E-state index in [4.69, 9.17) is 4.74 Å². The normalized spacial score (nSPS) is 18.0. The summed E-state index contributed by atoms with van der Waals surface area (Å²) >= 11 is 0. The van der Waals surface area contributed by atoms with Crippen molar-refractivity contribution in [1.29, 1.82) is 0 Å². The molecular formula is C30H37N7O2. The molecule has 0 spiro atoms. The van der Waals surface area contributed by atoms with Crippen molar-refractivity contribution in [3.8, 4) is 5.75 Å². The number of piperazine rings is 1. The predicted octanol–water partition coefficient (Wildman–Crippen LogP) is 4.56. The predicted molar refractivity (Wildman–Crippen MR) is 153 cm³/mol. The molecule has 9 heteroatoms. The highest BCUT2D eigenvalue weighted by atomic mass is 16.5. The molecule has 0 amide bonds. The Labute approximate surface area is 228 Å². The number of nitrogens with zero attached hydrogens (tertiary/aromatic N) is 6. The number of methoxy groups -OCH3 is 1. The van der Waals surface area contributed by atoms with Crippen molar-refractivity contribution < 1.29 is 4.74 Å². The van der Waals surface area contributed by atoms with E-state index in [1.54, 1.807) is 7.11 Å². The van der Waals surface area contributed by atoms with Crippen LogP contribution in [0.5, 0.6) is 5.75 Å². The molecule has 204 valence electrons. The minimum Gasteiger partial charge on any atom is -0.497 e. The van der Waals surface area contributed by atoms with Gasteiger partial charge in [0.05, 0.1) is 13.2 Å². The van der Waals surface area contributed by atoms with Gasteiger partial charge in [-0.3, -0.25) is 9.69 Å². The van der Waals surface area contributed by atoms with Crippen molar-refractivity contribution in [2.75, 3.05) is 38.2 Å². The molecule has 39 heavy (non-hydrogen) atoms. The van der Waals surface area contributed by atoms with Crippen molar-refractivity contribution in [2.45, 2.75) is 58.0 Å². The van der Waals surface area contributed by atoms with Gasteiger partial charge in [0.2, 0.25) is 0 Å². The van der Waals surface area contributed by atoms with Gasteiger partial charge in [-0.25, -0.2) is 4.68 Å². The zero-order valence-corrected chi connectivity index (χ0v) is 23.1. The molecule has 6 rings (SSSR count). The summed E-state index contributed by atoms with van der Waals surface area (Å²) in [6, 6.07) is 14.2. The van der Waals surface area contributed by atoms with Crippen molar-refractivity contribution in [1.82, 2.24) is 30.1 Å². The third-order valence-electron chi connectivity index (χ3n) is 8.65. The quantitative estimate of drug-likeness (QED) is 0.393. The first kappa shape index (κ1) is 25.6. The molecule has 2 fully saturated rings. The van der Waals surface area contributed by atoms with E-state index in [1.165, 1.54) is 36.1 Å². The van der Waals surface area contributed by atoms with Crippen LogP contribution in [0.3, 0.4) is 0 Å². The Morgan fingerprint density at radius 2 is 1.79 bits per heavy atom. The highest BCUT2D eigenvalue weighted by Gasteiger charge is 2.34. The summed E-state index contributed by atoms with van der Waals surface area (Å²) in [6.45, 7) is 7.69. The number of H-pyrrole nitrogens is 1. The Morgan fingerprint density at radius 1 is 1.00 bits per heavy atom. The number of hydrogen-bond acceptors (Lipinski definition) is 7. The number of aryl methyl sites for hydroxylation is 1. The maximum absolute atomic E-state index is 13.6. The molecule has 1 atom stereocenters. The van der Waals surface area contributed by atoms with Crippen LogP contribution in [0.4, 0.5) is 5.69 Å². The Bertz CT molecular complexity index is 1510. The first-order valence-corrected chi connectivity index (χ1v) is 14.1. The van der Waals surface area contributed by atoms with Crippen molar-refractivity contribution in [2.24, 2.45) is 0 Å². The molecule has 1 aliphatic carbocycles. The lowest BCUT2D eigenvalue weighted by Crippen LogP contribution is -2.49. The highest BCUT2D eigenvalue weighted by molar-refractivity contribution is 5.80. The number of benzene rings is 2. The van der Waals surface area contributed by atoms with E-state index in [2.05, 4.69) is 62.4 Å². The number of fused-ring (bicyclic) bond motifs is 1. The lowest BCUT2D eigenvalue weighted by atomic mass is 9.95. The van der Waals surface area contributed by atoms with Gasteiger partial charge in [0.15, 0.2) is 5.82 Å². The van der Waals surface area contributed by atoms with Crippen LogP contribution in [-0.4, -0.2) is 63.4 Å². The second-order valence-corrected chi connectivity index (χ2v) is 10.9. The fourth-order valence-electron chi connectivity index (χ4n) is 6.30. The Morgan fingerprint density at radius 3 is 2.56 bits per heavy atom. The fourth-order valence-corrected chi connectivity index (χ4v) is 6.30. The van der Waals surface area contributed by atoms with Crippen LogP contribution in [0, 0.1) is 13.8 Å². The van der Waals surface area contributed by atoms with Crippen LogP contribution in [0.2, 0.25) is 0 Å². The molecule has 1 aliphatic heterocycles. The van der Waals surface area contributed by atoms with Gasteiger partial charge in [0.1, 0.15) is 11.8 Å². The average molecular weight is 528 g/mol. The van der Waals surface area contributed by atoms with E-state index in [9.17, 15) is 4.79 Å². The van der Waals surface area contributed by atoms with Crippen LogP contribution >= 0.6 is 0 Å². The van der Waals surface area contributed by atoms with Gasteiger partial charge in [0.25, 0.3) is 5.56 Å². The summed E-state index contributed by atoms with van der Waals surface area (Å²) < 4.78 is 7.48. The third kappa shape index (κ3) is 4.91. The number of pyridine rings is 1. The number of rotatable bonds is 6. The standard InChI is InChI=1S/C30H37N7O2/c1-20-8-7-11-27(21(20)2)35-14-16-36(17-15-35)28(29-32-33-34-37(29)23-9-5-4-6-10-23)25-19-22-18-24(39-3)12-13-26(22)31-30(25)38/h7-8,11-13,18-19,23,28H,4-6,9-10,14-17H2,1-3H3,(H,31,38)/t28-/m1/s1. The molecule has 1 N–H and O–H groups in total. The number of aromatic amines is 1. The SMILES string of the molecule is COc1ccc2[nH]c(=O)c([C@H](c3nnnn3C3CCCCC3)N3CCN(c4cccc(C)c4C)CC3)cc2c1. The lowest BCUT2D eigenvalue weighted by Gasteiger charge is -2.40. The van der Waals surface area contributed by atoms with Crippen LogP contribution < -0.4 is 15.2 Å². The van der Waals surface area contributed by atoms with Gasteiger partial charge in [-0.1, -0.05) is 31.4 Å². The summed E-state index contributed by atoms with van der Waals surface area (Å²) in [6.07, 6.45) is 5.75. The lowest BCUT2D eigenvalue weighted by molar-refractivity contribution is 0.192. The van der Waals surface area contributed by atoms with Gasteiger partial charge >= 0.3 is 0 Å². The zero-order valence-electron chi connectivity index (χ0n) is 23.1. The summed E-state index contributed by atoms with van der Waals surface area (Å²) in [4.78, 5) is 21.6. The number of anilines is 1. The molecule has 4 aromatic rings. The molecular weight excluding hydrogens is 490 g/mol. The summed E-state index contributed by atoms with van der Waals surface area (Å²) in [5.74, 6) is 1.51. The minimum absolute atomic E-state index is 0.104. The zero-order chi connectivity index (χ0) is 26.9. The van der Waals surface area contributed by atoms with Gasteiger partial charge in [-0.05, 0) is 78.6 Å². The summed E-state index contributed by atoms with van der Waals surface area (Å²) in [7, 11) is 1.66. The van der Waals surface area contributed by atoms with Crippen molar-refractivity contribution >= 4 is 16.6 Å². The molecule has 0 bridgehead atoms. The molecule has 2 aromatic heterocycles. The Balaban J connectivity index is 1.39. The highest BCUT2D eigenvalue weighted by Crippen LogP contribution is 2.34. The number of ether oxygens (including phenoxy) is 1. The monoisotopic (exact) mass is 527 g/mol.